The fourth-order valence-electron chi connectivity index (χ4n) is 5.85. The standard InChI is InChI=1S/C31H42N4O6/c1-33-10-8-24(19-29(33)36)27-7-9-32-20-28(27)30(37)35(25-5-6-25)21-23-16-22(4-3-13-39-2)17-26(18-23)41-31(38)34-11-14-40-15-12-34/h8,10,16-19,25,27-28,32H,3-7,9,11-15,20-21H2,1-2H3/t27-,28+/m0/s1. The van der Waals surface area contributed by atoms with Gasteiger partial charge in [0.15, 0.2) is 0 Å². The van der Waals surface area contributed by atoms with Crippen LogP contribution in [0.15, 0.2) is 41.3 Å². The molecule has 3 aliphatic rings. The number of piperidine rings is 1. The normalized spacial score (nSPS) is 21.0. The molecule has 0 spiro atoms. The molecule has 10 nitrogen and oxygen atoms in total. The summed E-state index contributed by atoms with van der Waals surface area (Å²) in [7, 11) is 3.42. The molecule has 1 N–H and O–H groups in total. The van der Waals surface area contributed by atoms with Gasteiger partial charge < -0.3 is 33.9 Å². The molecule has 2 amide bonds. The summed E-state index contributed by atoms with van der Waals surface area (Å²) in [4.78, 5) is 43.1. The molecule has 5 rings (SSSR count). The largest absolute Gasteiger partial charge is 0.415 e. The minimum absolute atomic E-state index is 0.00989. The molecule has 1 aliphatic carbocycles. The van der Waals surface area contributed by atoms with Gasteiger partial charge in [-0.25, -0.2) is 4.79 Å². The van der Waals surface area contributed by atoms with Crippen LogP contribution in [-0.2, 0) is 34.3 Å². The van der Waals surface area contributed by atoms with Crippen LogP contribution in [0.4, 0.5) is 4.79 Å². The molecule has 2 aliphatic heterocycles. The van der Waals surface area contributed by atoms with Gasteiger partial charge in [0, 0.05) is 65.2 Å². The highest BCUT2D eigenvalue weighted by Gasteiger charge is 2.40. The van der Waals surface area contributed by atoms with Crippen LogP contribution in [0, 0.1) is 5.92 Å². The van der Waals surface area contributed by atoms with E-state index in [1.54, 1.807) is 35.9 Å². The Morgan fingerprint density at radius 1 is 1.10 bits per heavy atom. The number of aryl methyl sites for hydroxylation is 2. The Balaban J connectivity index is 1.37. The summed E-state index contributed by atoms with van der Waals surface area (Å²) >= 11 is 0. The van der Waals surface area contributed by atoms with E-state index in [0.29, 0.717) is 51.7 Å². The minimum atomic E-state index is -0.381. The zero-order valence-electron chi connectivity index (χ0n) is 24.2. The van der Waals surface area contributed by atoms with Crippen LogP contribution in [0.2, 0.25) is 0 Å². The lowest BCUT2D eigenvalue weighted by Gasteiger charge is -2.36. The molecule has 0 bridgehead atoms. The number of carbonyl (C=O) groups excluding carboxylic acids is 2. The molecule has 1 aromatic heterocycles. The summed E-state index contributed by atoms with van der Waals surface area (Å²) in [5.74, 6) is 0.346. The van der Waals surface area contributed by atoms with Crippen LogP contribution >= 0.6 is 0 Å². The van der Waals surface area contributed by atoms with E-state index in [-0.39, 0.29) is 35.4 Å². The highest BCUT2D eigenvalue weighted by molar-refractivity contribution is 5.81. The van der Waals surface area contributed by atoms with Crippen LogP contribution in [-0.4, -0.2) is 85.5 Å². The molecule has 3 heterocycles. The number of hydrogen-bond donors (Lipinski definition) is 1. The summed E-state index contributed by atoms with van der Waals surface area (Å²) in [6.07, 6.45) is 5.79. The molecule has 2 aromatic rings. The van der Waals surface area contributed by atoms with Crippen molar-refractivity contribution in [3.8, 4) is 5.75 Å². The SMILES string of the molecule is COCCCc1cc(CN(C(=O)[C@@H]2CNCC[C@H]2c2ccn(C)c(=O)c2)C2CC2)cc(OC(=O)N2CCOCC2)c1. The molecule has 2 saturated heterocycles. The van der Waals surface area contributed by atoms with Crippen molar-refractivity contribution >= 4 is 12.0 Å². The number of methoxy groups -OCH3 is 1. The van der Waals surface area contributed by atoms with E-state index in [1.165, 1.54) is 0 Å². The molecule has 222 valence electrons. The molecule has 3 fully saturated rings. The van der Waals surface area contributed by atoms with Gasteiger partial charge in [-0.15, -0.1) is 0 Å². The van der Waals surface area contributed by atoms with Gasteiger partial charge in [0.05, 0.1) is 19.1 Å². The van der Waals surface area contributed by atoms with E-state index in [0.717, 1.165) is 55.3 Å². The topological polar surface area (TPSA) is 102 Å². The molecule has 0 radical (unpaired) electrons. The first-order valence-electron chi connectivity index (χ1n) is 14.8. The Kier molecular flexibility index (Phi) is 9.74. The second-order valence-corrected chi connectivity index (χ2v) is 11.4. The lowest BCUT2D eigenvalue weighted by molar-refractivity contribution is -0.138. The van der Waals surface area contributed by atoms with E-state index in [9.17, 15) is 14.4 Å². The zero-order chi connectivity index (χ0) is 28.8. The molecular formula is C31H42N4O6. The van der Waals surface area contributed by atoms with Crippen LogP contribution in [0.1, 0.15) is 48.3 Å². The zero-order valence-corrected chi connectivity index (χ0v) is 24.2. The molecular weight excluding hydrogens is 524 g/mol. The number of morpholine rings is 1. The monoisotopic (exact) mass is 566 g/mol. The maximum atomic E-state index is 14.2. The van der Waals surface area contributed by atoms with Crippen LogP contribution < -0.4 is 15.6 Å². The number of ether oxygens (including phenoxy) is 3. The van der Waals surface area contributed by atoms with Gasteiger partial charge in [-0.3, -0.25) is 9.59 Å². The summed E-state index contributed by atoms with van der Waals surface area (Å²) in [5.41, 5.74) is 2.86. The van der Waals surface area contributed by atoms with Crippen LogP contribution in [0.25, 0.3) is 0 Å². The number of hydrogen-bond acceptors (Lipinski definition) is 7. The van der Waals surface area contributed by atoms with E-state index in [2.05, 4.69) is 11.4 Å². The number of pyridine rings is 1. The van der Waals surface area contributed by atoms with E-state index in [1.807, 2.05) is 23.1 Å². The average Bonchev–Trinajstić information content (AvgIpc) is 3.83. The lowest BCUT2D eigenvalue weighted by Crippen LogP contribution is -2.47. The Bertz CT molecular complexity index is 1270. The first-order chi connectivity index (χ1) is 19.9. The summed E-state index contributed by atoms with van der Waals surface area (Å²) in [5, 5.41) is 3.41. The van der Waals surface area contributed by atoms with Crippen molar-refractivity contribution in [2.45, 2.75) is 50.6 Å². The number of benzene rings is 1. The second kappa shape index (κ2) is 13.6. The second-order valence-electron chi connectivity index (χ2n) is 11.4. The van der Waals surface area contributed by atoms with Crippen molar-refractivity contribution in [3.05, 3.63) is 63.6 Å². The number of nitrogens with zero attached hydrogens (tertiary/aromatic N) is 3. The van der Waals surface area contributed by atoms with Gasteiger partial charge >= 0.3 is 6.09 Å². The lowest BCUT2D eigenvalue weighted by atomic mass is 9.80. The molecule has 2 atom stereocenters. The Morgan fingerprint density at radius 3 is 2.61 bits per heavy atom. The van der Waals surface area contributed by atoms with Crippen molar-refractivity contribution in [1.82, 2.24) is 19.7 Å². The third-order valence-electron chi connectivity index (χ3n) is 8.29. The number of nitrogens with one attached hydrogen (secondary N) is 1. The van der Waals surface area contributed by atoms with Crippen LogP contribution in [0.5, 0.6) is 5.75 Å². The number of carbonyl (C=O) groups is 2. The third kappa shape index (κ3) is 7.55. The summed E-state index contributed by atoms with van der Waals surface area (Å²) < 4.78 is 18.0. The van der Waals surface area contributed by atoms with Gasteiger partial charge in [0.2, 0.25) is 5.91 Å². The molecule has 10 heteroatoms. The predicted molar refractivity (Wildman–Crippen MR) is 154 cm³/mol. The predicted octanol–water partition coefficient (Wildman–Crippen LogP) is 2.68. The molecule has 1 aromatic carbocycles. The summed E-state index contributed by atoms with van der Waals surface area (Å²) in [6.45, 7) is 4.51. The van der Waals surface area contributed by atoms with E-state index in [4.69, 9.17) is 14.2 Å². The number of amides is 2. The van der Waals surface area contributed by atoms with Gasteiger partial charge in [-0.1, -0.05) is 6.07 Å². The first-order valence-corrected chi connectivity index (χ1v) is 14.8. The Morgan fingerprint density at radius 2 is 1.88 bits per heavy atom. The molecule has 0 unspecified atom stereocenters. The first kappa shape index (κ1) is 29.3. The van der Waals surface area contributed by atoms with Crippen molar-refractivity contribution in [2.24, 2.45) is 13.0 Å². The van der Waals surface area contributed by atoms with Crippen molar-refractivity contribution in [1.29, 1.82) is 0 Å². The van der Waals surface area contributed by atoms with Crippen molar-refractivity contribution < 1.29 is 23.8 Å². The smallest absolute Gasteiger partial charge is 0.410 e. The fraction of sp³-hybridized carbons (Fsp3) is 0.581. The van der Waals surface area contributed by atoms with E-state index >= 15 is 0 Å². The van der Waals surface area contributed by atoms with E-state index < -0.39 is 0 Å². The fourth-order valence-corrected chi connectivity index (χ4v) is 5.85. The molecule has 1 saturated carbocycles. The Labute approximate surface area is 241 Å². The van der Waals surface area contributed by atoms with Crippen molar-refractivity contribution in [2.75, 3.05) is 53.1 Å². The molecule has 41 heavy (non-hydrogen) atoms. The van der Waals surface area contributed by atoms with Gasteiger partial charge in [-0.05, 0) is 79.5 Å². The Hall–Kier alpha value is -3.21. The maximum absolute atomic E-state index is 14.2. The number of aromatic nitrogens is 1. The third-order valence-corrected chi connectivity index (χ3v) is 8.29. The van der Waals surface area contributed by atoms with Gasteiger partial charge in [-0.2, -0.15) is 0 Å². The quantitative estimate of drug-likeness (QED) is 0.441. The van der Waals surface area contributed by atoms with Gasteiger partial charge in [0.1, 0.15) is 5.75 Å². The maximum Gasteiger partial charge on any atom is 0.415 e. The minimum Gasteiger partial charge on any atom is -0.410 e. The van der Waals surface area contributed by atoms with Crippen molar-refractivity contribution in [3.63, 3.8) is 0 Å². The van der Waals surface area contributed by atoms with Crippen LogP contribution in [0.3, 0.4) is 0 Å². The average molecular weight is 567 g/mol. The number of rotatable bonds is 10. The highest BCUT2D eigenvalue weighted by atomic mass is 16.6. The van der Waals surface area contributed by atoms with Gasteiger partial charge in [0.25, 0.3) is 5.56 Å². The highest BCUT2D eigenvalue weighted by Crippen LogP contribution is 2.36. The summed E-state index contributed by atoms with van der Waals surface area (Å²) in [6, 6.07) is 9.76.